The maximum atomic E-state index is 12.6. The van der Waals surface area contributed by atoms with Gasteiger partial charge < -0.3 is 10.1 Å². The van der Waals surface area contributed by atoms with E-state index >= 15 is 0 Å². The van der Waals surface area contributed by atoms with Gasteiger partial charge in [-0.2, -0.15) is 0 Å². The van der Waals surface area contributed by atoms with Crippen LogP contribution in [0.5, 0.6) is 5.75 Å². The Kier molecular flexibility index (Phi) is 6.44. The molecule has 27 heavy (non-hydrogen) atoms. The highest BCUT2D eigenvalue weighted by Gasteiger charge is 2.11. The van der Waals surface area contributed by atoms with Gasteiger partial charge >= 0.3 is 0 Å². The molecule has 0 saturated carbocycles. The Morgan fingerprint density at radius 2 is 1.89 bits per heavy atom. The van der Waals surface area contributed by atoms with Gasteiger partial charge in [-0.1, -0.05) is 49.0 Å². The molecule has 1 heterocycles. The van der Waals surface area contributed by atoms with Crippen molar-refractivity contribution in [2.75, 3.05) is 11.1 Å². The molecule has 0 aliphatic heterocycles. The molecule has 1 aromatic heterocycles. The molecule has 1 amide bonds. The predicted molar refractivity (Wildman–Crippen MR) is 108 cm³/mol. The Bertz CT molecular complexity index is 916. The number of rotatable bonds is 7. The molecule has 1 N–H and O–H groups in total. The van der Waals surface area contributed by atoms with Crippen LogP contribution in [0.4, 0.5) is 5.69 Å². The van der Waals surface area contributed by atoms with Crippen LogP contribution in [0.15, 0.2) is 65.8 Å². The molecule has 0 bridgehead atoms. The molecule has 138 valence electrons. The fourth-order valence-electron chi connectivity index (χ4n) is 2.47. The minimum absolute atomic E-state index is 0.250. The minimum Gasteiger partial charge on any atom is -0.489 e. The standard InChI is InChI=1S/C21H21N3O2S/c1-3-27-21-22-15(2)12-19(24-21)20(25)23-17-9-7-8-16(13-17)14-26-18-10-5-4-6-11-18/h4-13H,3,14H2,1-2H3,(H,23,25). The van der Waals surface area contributed by atoms with E-state index in [1.807, 2.05) is 68.4 Å². The number of ether oxygens (including phenoxy) is 1. The Hall–Kier alpha value is -2.86. The summed E-state index contributed by atoms with van der Waals surface area (Å²) in [6, 6.07) is 18.9. The van der Waals surface area contributed by atoms with E-state index in [0.29, 0.717) is 23.1 Å². The number of hydrogen-bond donors (Lipinski definition) is 1. The van der Waals surface area contributed by atoms with Crippen molar-refractivity contribution in [3.63, 3.8) is 0 Å². The van der Waals surface area contributed by atoms with Crippen LogP contribution in [0.25, 0.3) is 0 Å². The van der Waals surface area contributed by atoms with Gasteiger partial charge in [-0.25, -0.2) is 9.97 Å². The number of carbonyl (C=O) groups is 1. The molecule has 0 atom stereocenters. The predicted octanol–water partition coefficient (Wildman–Crippen LogP) is 4.73. The van der Waals surface area contributed by atoms with Crippen molar-refractivity contribution >= 4 is 23.4 Å². The molecule has 0 fully saturated rings. The van der Waals surface area contributed by atoms with E-state index in [2.05, 4.69) is 15.3 Å². The van der Waals surface area contributed by atoms with Crippen molar-refractivity contribution in [3.8, 4) is 5.75 Å². The van der Waals surface area contributed by atoms with Crippen LogP contribution in [-0.2, 0) is 6.61 Å². The molecule has 0 radical (unpaired) electrons. The van der Waals surface area contributed by atoms with E-state index in [1.54, 1.807) is 6.07 Å². The molecule has 0 saturated heterocycles. The molecular weight excluding hydrogens is 358 g/mol. The molecule has 0 unspecified atom stereocenters. The first kappa shape index (κ1) is 18.9. The first-order chi connectivity index (χ1) is 13.1. The maximum absolute atomic E-state index is 12.6. The third kappa shape index (κ3) is 5.56. The Morgan fingerprint density at radius 1 is 1.07 bits per heavy atom. The average molecular weight is 379 g/mol. The highest BCUT2D eigenvalue weighted by atomic mass is 32.2. The number of thioether (sulfide) groups is 1. The van der Waals surface area contributed by atoms with Crippen molar-refractivity contribution in [2.45, 2.75) is 25.6 Å². The summed E-state index contributed by atoms with van der Waals surface area (Å²) < 4.78 is 5.76. The van der Waals surface area contributed by atoms with Gasteiger partial charge in [0.25, 0.3) is 5.91 Å². The van der Waals surface area contributed by atoms with Crippen LogP contribution in [0, 0.1) is 6.92 Å². The normalized spacial score (nSPS) is 10.4. The number of aromatic nitrogens is 2. The number of nitrogens with zero attached hydrogens (tertiary/aromatic N) is 2. The first-order valence-electron chi connectivity index (χ1n) is 8.70. The topological polar surface area (TPSA) is 64.1 Å². The van der Waals surface area contributed by atoms with Crippen molar-refractivity contribution in [3.05, 3.63) is 77.6 Å². The quantitative estimate of drug-likeness (QED) is 0.475. The number of amides is 1. The molecule has 3 aromatic rings. The van der Waals surface area contributed by atoms with Crippen LogP contribution >= 0.6 is 11.8 Å². The molecule has 5 nitrogen and oxygen atoms in total. The lowest BCUT2D eigenvalue weighted by Gasteiger charge is -2.09. The Balaban J connectivity index is 1.68. The Labute approximate surface area is 163 Å². The van der Waals surface area contributed by atoms with Gasteiger partial charge in [0.15, 0.2) is 5.16 Å². The van der Waals surface area contributed by atoms with Gasteiger partial charge in [0.2, 0.25) is 0 Å². The number of hydrogen-bond acceptors (Lipinski definition) is 5. The van der Waals surface area contributed by atoms with E-state index in [-0.39, 0.29) is 5.91 Å². The summed E-state index contributed by atoms with van der Waals surface area (Å²) in [7, 11) is 0. The number of para-hydroxylation sites is 1. The molecule has 6 heteroatoms. The van der Waals surface area contributed by atoms with E-state index in [9.17, 15) is 4.79 Å². The second kappa shape index (κ2) is 9.19. The summed E-state index contributed by atoms with van der Waals surface area (Å²) in [6.45, 7) is 4.32. The minimum atomic E-state index is -0.250. The lowest BCUT2D eigenvalue weighted by molar-refractivity contribution is 0.102. The Morgan fingerprint density at radius 3 is 2.67 bits per heavy atom. The smallest absolute Gasteiger partial charge is 0.274 e. The summed E-state index contributed by atoms with van der Waals surface area (Å²) in [5, 5.41) is 3.52. The van der Waals surface area contributed by atoms with E-state index in [0.717, 1.165) is 22.8 Å². The molecule has 2 aromatic carbocycles. The molecule has 0 aliphatic rings. The molecule has 0 aliphatic carbocycles. The van der Waals surface area contributed by atoms with Crippen molar-refractivity contribution in [1.29, 1.82) is 0 Å². The summed E-state index contributed by atoms with van der Waals surface area (Å²) in [5.74, 6) is 1.41. The third-order valence-corrected chi connectivity index (χ3v) is 4.40. The van der Waals surface area contributed by atoms with Crippen LogP contribution in [0.3, 0.4) is 0 Å². The van der Waals surface area contributed by atoms with Gasteiger partial charge in [0, 0.05) is 11.4 Å². The lowest BCUT2D eigenvalue weighted by Crippen LogP contribution is -2.15. The monoisotopic (exact) mass is 379 g/mol. The highest BCUT2D eigenvalue weighted by Crippen LogP contribution is 2.17. The molecule has 0 spiro atoms. The fraction of sp³-hybridized carbons (Fsp3) is 0.190. The third-order valence-electron chi connectivity index (χ3n) is 3.67. The van der Waals surface area contributed by atoms with Crippen molar-refractivity contribution in [2.24, 2.45) is 0 Å². The van der Waals surface area contributed by atoms with Gasteiger partial charge in [0.1, 0.15) is 18.1 Å². The van der Waals surface area contributed by atoms with Crippen molar-refractivity contribution in [1.82, 2.24) is 9.97 Å². The number of benzene rings is 2. The van der Waals surface area contributed by atoms with Gasteiger partial charge in [-0.15, -0.1) is 0 Å². The number of nitrogens with one attached hydrogen (secondary N) is 1. The largest absolute Gasteiger partial charge is 0.489 e. The number of anilines is 1. The summed E-state index contributed by atoms with van der Waals surface area (Å²) in [5.41, 5.74) is 2.81. The average Bonchev–Trinajstić information content (AvgIpc) is 2.67. The number of carbonyl (C=O) groups excluding carboxylic acids is 1. The van der Waals surface area contributed by atoms with E-state index < -0.39 is 0 Å². The van der Waals surface area contributed by atoms with Crippen LogP contribution < -0.4 is 10.1 Å². The second-order valence-corrected chi connectivity index (χ2v) is 7.10. The zero-order valence-corrected chi connectivity index (χ0v) is 16.1. The molecular formula is C21H21N3O2S. The fourth-order valence-corrected chi connectivity index (χ4v) is 3.10. The van der Waals surface area contributed by atoms with E-state index in [4.69, 9.17) is 4.74 Å². The zero-order valence-electron chi connectivity index (χ0n) is 15.3. The SMILES string of the molecule is CCSc1nc(C)cc(C(=O)Nc2cccc(COc3ccccc3)c2)n1. The summed E-state index contributed by atoms with van der Waals surface area (Å²) in [4.78, 5) is 21.2. The lowest BCUT2D eigenvalue weighted by atomic mass is 10.2. The van der Waals surface area contributed by atoms with Crippen LogP contribution in [-0.4, -0.2) is 21.6 Å². The van der Waals surface area contributed by atoms with Gasteiger partial charge in [-0.05, 0) is 48.6 Å². The van der Waals surface area contributed by atoms with Crippen molar-refractivity contribution < 1.29 is 9.53 Å². The van der Waals surface area contributed by atoms with Crippen LogP contribution in [0.1, 0.15) is 28.7 Å². The van der Waals surface area contributed by atoms with Gasteiger partial charge in [-0.3, -0.25) is 4.79 Å². The summed E-state index contributed by atoms with van der Waals surface area (Å²) >= 11 is 1.52. The van der Waals surface area contributed by atoms with E-state index in [1.165, 1.54) is 11.8 Å². The number of aryl methyl sites for hydroxylation is 1. The maximum Gasteiger partial charge on any atom is 0.274 e. The second-order valence-electron chi connectivity index (χ2n) is 5.87. The summed E-state index contributed by atoms with van der Waals surface area (Å²) in [6.07, 6.45) is 0. The highest BCUT2D eigenvalue weighted by molar-refractivity contribution is 7.99. The van der Waals surface area contributed by atoms with Crippen LogP contribution in [0.2, 0.25) is 0 Å². The molecule has 3 rings (SSSR count). The van der Waals surface area contributed by atoms with Gasteiger partial charge in [0.05, 0.1) is 0 Å². The first-order valence-corrected chi connectivity index (χ1v) is 9.69. The zero-order chi connectivity index (χ0) is 19.1.